The molecule has 0 saturated heterocycles. The molecule has 1 aromatic rings. The number of likely N-dealkylation sites (N-methyl/N-ethyl adjacent to an activating group) is 2. The van der Waals surface area contributed by atoms with Crippen LogP contribution in [0.15, 0.2) is 18.3 Å². The standard InChI is InChI=1S/C15H23N3O3/c1-5-18(6-2)14(19)11-17(4)13-9-8-12(10-16-13)15(20)21-7-3/h8-10H,5-7,11H2,1-4H3. The van der Waals surface area contributed by atoms with Crippen LogP contribution >= 0.6 is 0 Å². The first kappa shape index (κ1) is 16.9. The second-order valence-electron chi connectivity index (χ2n) is 4.55. The van der Waals surface area contributed by atoms with E-state index < -0.39 is 5.97 Å². The summed E-state index contributed by atoms with van der Waals surface area (Å²) in [5, 5.41) is 0. The number of anilines is 1. The van der Waals surface area contributed by atoms with Gasteiger partial charge in [0.25, 0.3) is 0 Å². The zero-order chi connectivity index (χ0) is 15.8. The van der Waals surface area contributed by atoms with Crippen molar-refractivity contribution in [3.8, 4) is 0 Å². The lowest BCUT2D eigenvalue weighted by Crippen LogP contribution is -2.39. The summed E-state index contributed by atoms with van der Waals surface area (Å²) in [6.45, 7) is 7.64. The van der Waals surface area contributed by atoms with Crippen molar-refractivity contribution in [1.82, 2.24) is 9.88 Å². The Labute approximate surface area is 125 Å². The van der Waals surface area contributed by atoms with Crippen molar-refractivity contribution < 1.29 is 14.3 Å². The van der Waals surface area contributed by atoms with Gasteiger partial charge in [-0.15, -0.1) is 0 Å². The van der Waals surface area contributed by atoms with Crippen LogP contribution in [-0.2, 0) is 9.53 Å². The van der Waals surface area contributed by atoms with E-state index in [4.69, 9.17) is 4.74 Å². The van der Waals surface area contributed by atoms with Gasteiger partial charge in [0.1, 0.15) is 5.82 Å². The third kappa shape index (κ3) is 4.73. The second-order valence-corrected chi connectivity index (χ2v) is 4.55. The summed E-state index contributed by atoms with van der Waals surface area (Å²) < 4.78 is 4.90. The summed E-state index contributed by atoms with van der Waals surface area (Å²) in [6, 6.07) is 3.36. The van der Waals surface area contributed by atoms with E-state index in [1.807, 2.05) is 13.8 Å². The maximum Gasteiger partial charge on any atom is 0.339 e. The molecule has 0 atom stereocenters. The number of nitrogens with zero attached hydrogens (tertiary/aromatic N) is 3. The molecular formula is C15H23N3O3. The van der Waals surface area contributed by atoms with Crippen molar-refractivity contribution in [1.29, 1.82) is 0 Å². The molecule has 0 spiro atoms. The zero-order valence-electron chi connectivity index (χ0n) is 13.1. The fourth-order valence-electron chi connectivity index (χ4n) is 1.91. The van der Waals surface area contributed by atoms with Gasteiger partial charge in [0.15, 0.2) is 0 Å². The number of hydrogen-bond acceptors (Lipinski definition) is 5. The predicted octanol–water partition coefficient (Wildman–Crippen LogP) is 1.56. The van der Waals surface area contributed by atoms with Gasteiger partial charge in [-0.3, -0.25) is 4.79 Å². The molecule has 0 radical (unpaired) electrons. The minimum absolute atomic E-state index is 0.0544. The average Bonchev–Trinajstić information content (AvgIpc) is 2.48. The summed E-state index contributed by atoms with van der Waals surface area (Å²) in [4.78, 5) is 31.3. The Morgan fingerprint density at radius 2 is 1.86 bits per heavy atom. The summed E-state index contributed by atoms with van der Waals surface area (Å²) in [7, 11) is 1.80. The lowest BCUT2D eigenvalue weighted by atomic mass is 10.3. The highest BCUT2D eigenvalue weighted by Gasteiger charge is 2.14. The molecule has 1 rings (SSSR count). The number of esters is 1. The molecule has 21 heavy (non-hydrogen) atoms. The van der Waals surface area contributed by atoms with E-state index in [2.05, 4.69) is 4.98 Å². The number of rotatable bonds is 7. The zero-order valence-corrected chi connectivity index (χ0v) is 13.1. The normalized spacial score (nSPS) is 10.1. The largest absolute Gasteiger partial charge is 0.462 e. The van der Waals surface area contributed by atoms with Gasteiger partial charge in [0, 0.05) is 26.3 Å². The Balaban J connectivity index is 2.69. The molecule has 0 bridgehead atoms. The number of amides is 1. The van der Waals surface area contributed by atoms with Gasteiger partial charge < -0.3 is 14.5 Å². The van der Waals surface area contributed by atoms with Crippen LogP contribution in [0.3, 0.4) is 0 Å². The Bertz CT molecular complexity index is 470. The first-order valence-electron chi connectivity index (χ1n) is 7.15. The van der Waals surface area contributed by atoms with Gasteiger partial charge >= 0.3 is 5.97 Å². The average molecular weight is 293 g/mol. The van der Waals surface area contributed by atoms with Gasteiger partial charge in [0.2, 0.25) is 5.91 Å². The number of carbonyl (C=O) groups excluding carboxylic acids is 2. The smallest absolute Gasteiger partial charge is 0.339 e. The molecule has 116 valence electrons. The summed E-state index contributed by atoms with van der Waals surface area (Å²) in [5.74, 6) is 0.306. The monoisotopic (exact) mass is 293 g/mol. The lowest BCUT2D eigenvalue weighted by molar-refractivity contribution is -0.129. The van der Waals surface area contributed by atoms with E-state index in [1.54, 1.807) is 35.9 Å². The first-order chi connectivity index (χ1) is 10.0. The Morgan fingerprint density at radius 3 is 2.33 bits per heavy atom. The van der Waals surface area contributed by atoms with Gasteiger partial charge in [-0.2, -0.15) is 0 Å². The minimum Gasteiger partial charge on any atom is -0.462 e. The summed E-state index contributed by atoms with van der Waals surface area (Å²) >= 11 is 0. The maximum atomic E-state index is 12.0. The highest BCUT2D eigenvalue weighted by molar-refractivity contribution is 5.89. The van der Waals surface area contributed by atoms with Crippen molar-refractivity contribution in [2.75, 3.05) is 38.2 Å². The fraction of sp³-hybridized carbons (Fsp3) is 0.533. The van der Waals surface area contributed by atoms with E-state index in [1.165, 1.54) is 6.20 Å². The number of pyridine rings is 1. The molecule has 1 heterocycles. The van der Waals surface area contributed by atoms with E-state index in [0.29, 0.717) is 31.1 Å². The lowest BCUT2D eigenvalue weighted by Gasteiger charge is -2.23. The van der Waals surface area contributed by atoms with E-state index in [-0.39, 0.29) is 12.5 Å². The summed E-state index contributed by atoms with van der Waals surface area (Å²) in [5.41, 5.74) is 0.407. The van der Waals surface area contributed by atoms with Crippen LogP contribution in [0, 0.1) is 0 Å². The molecule has 0 fully saturated rings. The number of ether oxygens (including phenoxy) is 1. The van der Waals surface area contributed by atoms with Gasteiger partial charge in [-0.25, -0.2) is 9.78 Å². The second kappa shape index (κ2) is 8.24. The fourth-order valence-corrected chi connectivity index (χ4v) is 1.91. The molecule has 0 aliphatic rings. The van der Waals surface area contributed by atoms with Crippen molar-refractivity contribution in [3.05, 3.63) is 23.9 Å². The molecule has 0 aliphatic carbocycles. The van der Waals surface area contributed by atoms with Gasteiger partial charge in [0.05, 0.1) is 18.7 Å². The molecule has 1 amide bonds. The molecular weight excluding hydrogens is 270 g/mol. The van der Waals surface area contributed by atoms with Crippen LogP contribution in [0.2, 0.25) is 0 Å². The molecule has 6 nitrogen and oxygen atoms in total. The molecule has 6 heteroatoms. The van der Waals surface area contributed by atoms with Crippen LogP contribution in [0.4, 0.5) is 5.82 Å². The molecule has 0 unspecified atom stereocenters. The Kier molecular flexibility index (Phi) is 6.65. The Hall–Kier alpha value is -2.11. The number of aromatic nitrogens is 1. The molecule has 0 N–H and O–H groups in total. The molecule has 0 saturated carbocycles. The van der Waals surface area contributed by atoms with Gasteiger partial charge in [-0.05, 0) is 32.9 Å². The molecule has 1 aromatic heterocycles. The minimum atomic E-state index is -0.390. The van der Waals surface area contributed by atoms with E-state index in [9.17, 15) is 9.59 Å². The quantitative estimate of drug-likeness (QED) is 0.714. The first-order valence-corrected chi connectivity index (χ1v) is 7.15. The molecule has 0 aliphatic heterocycles. The highest BCUT2D eigenvalue weighted by Crippen LogP contribution is 2.10. The topological polar surface area (TPSA) is 62.7 Å². The van der Waals surface area contributed by atoms with E-state index >= 15 is 0 Å². The van der Waals surface area contributed by atoms with Crippen LogP contribution in [0.5, 0.6) is 0 Å². The van der Waals surface area contributed by atoms with Crippen molar-refractivity contribution in [2.24, 2.45) is 0 Å². The van der Waals surface area contributed by atoms with Crippen LogP contribution in [-0.4, -0.2) is 55.0 Å². The number of carbonyl (C=O) groups is 2. The van der Waals surface area contributed by atoms with E-state index in [0.717, 1.165) is 0 Å². The van der Waals surface area contributed by atoms with Crippen LogP contribution < -0.4 is 4.90 Å². The highest BCUT2D eigenvalue weighted by atomic mass is 16.5. The predicted molar refractivity (Wildman–Crippen MR) is 81.4 cm³/mol. The summed E-state index contributed by atoms with van der Waals surface area (Å²) in [6.07, 6.45) is 1.46. The third-order valence-electron chi connectivity index (χ3n) is 3.14. The SMILES string of the molecule is CCOC(=O)c1ccc(N(C)CC(=O)N(CC)CC)nc1. The maximum absolute atomic E-state index is 12.0. The van der Waals surface area contributed by atoms with Crippen molar-refractivity contribution in [2.45, 2.75) is 20.8 Å². The van der Waals surface area contributed by atoms with Crippen LogP contribution in [0.1, 0.15) is 31.1 Å². The number of hydrogen-bond donors (Lipinski definition) is 0. The Morgan fingerprint density at radius 1 is 1.19 bits per heavy atom. The van der Waals surface area contributed by atoms with Crippen molar-refractivity contribution >= 4 is 17.7 Å². The van der Waals surface area contributed by atoms with Crippen molar-refractivity contribution in [3.63, 3.8) is 0 Å². The third-order valence-corrected chi connectivity index (χ3v) is 3.14. The van der Waals surface area contributed by atoms with Crippen LogP contribution in [0.25, 0.3) is 0 Å². The van der Waals surface area contributed by atoms with Gasteiger partial charge in [-0.1, -0.05) is 0 Å². The molecule has 0 aromatic carbocycles.